The van der Waals surface area contributed by atoms with Crippen LogP contribution in [0, 0.1) is 0 Å². The number of hydrogen-bond acceptors (Lipinski definition) is 2. The fraction of sp³-hybridized carbons (Fsp3) is 0.417. The predicted octanol–water partition coefficient (Wildman–Crippen LogP) is 2.22. The number of methoxy groups -OCH3 is 1. The van der Waals surface area contributed by atoms with Gasteiger partial charge in [0.05, 0.1) is 7.11 Å². The van der Waals surface area contributed by atoms with Crippen LogP contribution in [0.1, 0.15) is 30.6 Å². The molecule has 3 nitrogen and oxygen atoms in total. The largest absolute Gasteiger partial charge is 0.497 e. The van der Waals surface area contributed by atoms with Crippen LogP contribution < -0.4 is 10.1 Å². The van der Waals surface area contributed by atoms with Gasteiger partial charge in [-0.2, -0.15) is 0 Å². The summed E-state index contributed by atoms with van der Waals surface area (Å²) in [6.45, 7) is 4.03. The molecular weight excluding hydrogens is 190 g/mol. The highest BCUT2D eigenvalue weighted by atomic mass is 16.5. The minimum absolute atomic E-state index is 0.0352. The summed E-state index contributed by atoms with van der Waals surface area (Å²) in [4.78, 5) is 11.7. The molecule has 1 amide bonds. The molecule has 0 unspecified atom stereocenters. The van der Waals surface area contributed by atoms with Gasteiger partial charge in [0.15, 0.2) is 0 Å². The van der Waals surface area contributed by atoms with Crippen LogP contribution in [0.5, 0.6) is 5.75 Å². The maximum Gasteiger partial charge on any atom is 0.251 e. The summed E-state index contributed by atoms with van der Waals surface area (Å²) in [5, 5.41) is 2.90. The molecule has 0 aromatic heterocycles. The van der Waals surface area contributed by atoms with Gasteiger partial charge in [-0.1, -0.05) is 6.92 Å². The van der Waals surface area contributed by atoms with Crippen molar-refractivity contribution >= 4 is 5.91 Å². The molecular formula is C12H17NO2. The molecule has 0 saturated carbocycles. The summed E-state index contributed by atoms with van der Waals surface area (Å²) in [6.07, 6.45) is 0.932. The molecule has 1 N–H and O–H groups in total. The number of amides is 1. The zero-order valence-corrected chi connectivity index (χ0v) is 9.41. The molecule has 1 aromatic carbocycles. The van der Waals surface area contributed by atoms with Crippen LogP contribution in [0.3, 0.4) is 0 Å². The lowest BCUT2D eigenvalue weighted by Crippen LogP contribution is -2.31. The molecule has 0 heterocycles. The Balaban J connectivity index is 2.66. The Kier molecular flexibility index (Phi) is 4.16. The Hall–Kier alpha value is -1.51. The number of nitrogens with one attached hydrogen (secondary N) is 1. The van der Waals surface area contributed by atoms with Gasteiger partial charge in [-0.3, -0.25) is 4.79 Å². The van der Waals surface area contributed by atoms with Crippen molar-refractivity contribution in [2.45, 2.75) is 26.3 Å². The summed E-state index contributed by atoms with van der Waals surface area (Å²) in [5.74, 6) is 0.724. The number of benzene rings is 1. The van der Waals surface area contributed by atoms with Gasteiger partial charge in [0.2, 0.25) is 0 Å². The molecule has 0 bridgehead atoms. The Labute approximate surface area is 90.4 Å². The molecule has 1 rings (SSSR count). The fourth-order valence-electron chi connectivity index (χ4n) is 1.15. The molecule has 0 aliphatic heterocycles. The molecule has 3 heteroatoms. The van der Waals surface area contributed by atoms with Crippen molar-refractivity contribution in [1.29, 1.82) is 0 Å². The van der Waals surface area contributed by atoms with Crippen LogP contribution in [-0.2, 0) is 0 Å². The van der Waals surface area contributed by atoms with Gasteiger partial charge in [0, 0.05) is 11.6 Å². The molecule has 0 aliphatic carbocycles. The van der Waals surface area contributed by atoms with Crippen molar-refractivity contribution < 1.29 is 9.53 Å². The van der Waals surface area contributed by atoms with E-state index in [9.17, 15) is 4.79 Å². The maximum atomic E-state index is 11.7. The van der Waals surface area contributed by atoms with Crippen LogP contribution >= 0.6 is 0 Å². The smallest absolute Gasteiger partial charge is 0.251 e. The Bertz CT molecular complexity index is 319. The minimum atomic E-state index is -0.0352. The summed E-state index contributed by atoms with van der Waals surface area (Å²) in [5.41, 5.74) is 0.663. The number of rotatable bonds is 4. The quantitative estimate of drug-likeness (QED) is 0.822. The van der Waals surface area contributed by atoms with Crippen molar-refractivity contribution in [1.82, 2.24) is 5.32 Å². The maximum absolute atomic E-state index is 11.7. The summed E-state index contributed by atoms with van der Waals surface area (Å²) in [7, 11) is 1.61. The number of carbonyl (C=O) groups is 1. The van der Waals surface area contributed by atoms with Crippen LogP contribution in [0.25, 0.3) is 0 Å². The molecule has 0 spiro atoms. The van der Waals surface area contributed by atoms with E-state index >= 15 is 0 Å². The Morgan fingerprint density at radius 3 is 2.47 bits per heavy atom. The monoisotopic (exact) mass is 207 g/mol. The second-order valence-corrected chi connectivity index (χ2v) is 3.51. The van der Waals surface area contributed by atoms with Crippen LogP contribution in [-0.4, -0.2) is 19.1 Å². The first-order chi connectivity index (χ1) is 7.17. The third kappa shape index (κ3) is 3.27. The van der Waals surface area contributed by atoms with Gasteiger partial charge in [0.1, 0.15) is 5.75 Å². The first kappa shape index (κ1) is 11.6. The van der Waals surface area contributed by atoms with E-state index in [0.717, 1.165) is 12.2 Å². The topological polar surface area (TPSA) is 38.3 Å². The van der Waals surface area contributed by atoms with Crippen molar-refractivity contribution in [3.05, 3.63) is 29.8 Å². The molecule has 1 aromatic rings. The van der Waals surface area contributed by atoms with E-state index in [-0.39, 0.29) is 11.9 Å². The first-order valence-electron chi connectivity index (χ1n) is 5.12. The van der Waals surface area contributed by atoms with E-state index in [2.05, 4.69) is 5.32 Å². The first-order valence-corrected chi connectivity index (χ1v) is 5.12. The second kappa shape index (κ2) is 5.39. The van der Waals surface area contributed by atoms with E-state index in [1.165, 1.54) is 0 Å². The molecule has 15 heavy (non-hydrogen) atoms. The van der Waals surface area contributed by atoms with E-state index in [0.29, 0.717) is 5.56 Å². The van der Waals surface area contributed by atoms with E-state index in [4.69, 9.17) is 4.74 Å². The standard InChI is InChI=1S/C12H17NO2/c1-4-9(2)13-12(14)10-5-7-11(15-3)8-6-10/h5-9H,4H2,1-3H3,(H,13,14)/t9-/m0/s1. The summed E-state index contributed by atoms with van der Waals surface area (Å²) >= 11 is 0. The highest BCUT2D eigenvalue weighted by Crippen LogP contribution is 2.11. The van der Waals surface area contributed by atoms with Crippen LogP contribution in [0.15, 0.2) is 24.3 Å². The molecule has 0 aliphatic rings. The lowest BCUT2D eigenvalue weighted by Gasteiger charge is -2.11. The average molecular weight is 207 g/mol. The highest BCUT2D eigenvalue weighted by Gasteiger charge is 2.07. The van der Waals surface area contributed by atoms with Crippen molar-refractivity contribution in [3.8, 4) is 5.75 Å². The molecule has 0 fully saturated rings. The molecule has 0 radical (unpaired) electrons. The zero-order chi connectivity index (χ0) is 11.3. The van der Waals surface area contributed by atoms with E-state index in [1.54, 1.807) is 31.4 Å². The third-order valence-electron chi connectivity index (χ3n) is 2.34. The number of carbonyl (C=O) groups excluding carboxylic acids is 1. The average Bonchev–Trinajstić information content (AvgIpc) is 2.29. The molecule has 1 atom stereocenters. The van der Waals surface area contributed by atoms with Crippen LogP contribution in [0.2, 0.25) is 0 Å². The second-order valence-electron chi connectivity index (χ2n) is 3.51. The zero-order valence-electron chi connectivity index (χ0n) is 9.41. The molecule has 82 valence electrons. The lowest BCUT2D eigenvalue weighted by molar-refractivity contribution is 0.0939. The predicted molar refractivity (Wildman–Crippen MR) is 60.2 cm³/mol. The highest BCUT2D eigenvalue weighted by molar-refractivity contribution is 5.94. The van der Waals surface area contributed by atoms with E-state index in [1.807, 2.05) is 13.8 Å². The number of hydrogen-bond donors (Lipinski definition) is 1. The van der Waals surface area contributed by atoms with Crippen molar-refractivity contribution in [3.63, 3.8) is 0 Å². The van der Waals surface area contributed by atoms with Gasteiger partial charge in [-0.15, -0.1) is 0 Å². The van der Waals surface area contributed by atoms with E-state index < -0.39 is 0 Å². The fourth-order valence-corrected chi connectivity index (χ4v) is 1.15. The van der Waals surface area contributed by atoms with Gasteiger partial charge in [-0.05, 0) is 37.6 Å². The van der Waals surface area contributed by atoms with Gasteiger partial charge in [-0.25, -0.2) is 0 Å². The summed E-state index contributed by atoms with van der Waals surface area (Å²) in [6, 6.07) is 7.30. The Morgan fingerprint density at radius 1 is 1.40 bits per heavy atom. The van der Waals surface area contributed by atoms with Crippen molar-refractivity contribution in [2.24, 2.45) is 0 Å². The van der Waals surface area contributed by atoms with Gasteiger partial charge >= 0.3 is 0 Å². The molecule has 0 saturated heterocycles. The third-order valence-corrected chi connectivity index (χ3v) is 2.34. The summed E-state index contributed by atoms with van der Waals surface area (Å²) < 4.78 is 5.02. The number of ether oxygens (including phenoxy) is 1. The lowest BCUT2D eigenvalue weighted by atomic mass is 10.2. The van der Waals surface area contributed by atoms with Gasteiger partial charge in [0.25, 0.3) is 5.91 Å². The SMILES string of the molecule is CC[C@H](C)NC(=O)c1ccc(OC)cc1. The normalized spacial score (nSPS) is 11.9. The van der Waals surface area contributed by atoms with Gasteiger partial charge < -0.3 is 10.1 Å². The minimum Gasteiger partial charge on any atom is -0.497 e. The Morgan fingerprint density at radius 2 is 2.00 bits per heavy atom. The van der Waals surface area contributed by atoms with Crippen LogP contribution in [0.4, 0.5) is 0 Å². The van der Waals surface area contributed by atoms with Crippen molar-refractivity contribution in [2.75, 3.05) is 7.11 Å².